The van der Waals surface area contributed by atoms with Gasteiger partial charge in [-0.15, -0.1) is 16.9 Å². The fraction of sp³-hybridized carbons (Fsp3) is 0.471. The number of carboxylic acid groups (broad SMARTS) is 1. The van der Waals surface area contributed by atoms with Gasteiger partial charge >= 0.3 is 52.6 Å². The largest absolute Gasteiger partial charge is 1.00 e. The van der Waals surface area contributed by atoms with Gasteiger partial charge in [-0.1, -0.05) is 17.4 Å². The number of nitrogens with zero attached hydrogens (tertiary/aromatic N) is 4. The summed E-state index contributed by atoms with van der Waals surface area (Å²) in [6.45, 7) is 1.52. The van der Waals surface area contributed by atoms with Crippen molar-refractivity contribution in [2.24, 2.45) is 0 Å². The Labute approximate surface area is 228 Å². The number of carboxylic acids is 1. The zero-order chi connectivity index (χ0) is 24.6. The molecule has 1 aromatic rings. The molecule has 0 aliphatic carbocycles. The molecule has 0 spiro atoms. The number of hydrogen-bond donors (Lipinski definition) is 4. The van der Waals surface area contributed by atoms with E-state index in [-0.39, 0.29) is 73.0 Å². The van der Waals surface area contributed by atoms with Gasteiger partial charge in [-0.2, -0.15) is 5.01 Å². The molecule has 0 unspecified atom stereocenters. The molecule has 3 aliphatic rings. The summed E-state index contributed by atoms with van der Waals surface area (Å²) in [4.78, 5) is 77.2. The summed E-state index contributed by atoms with van der Waals surface area (Å²) >= 11 is 2.36. The third-order valence-corrected chi connectivity index (χ3v) is 7.53. The molecule has 2 fully saturated rings. The Bertz CT molecular complexity index is 1220. The molecule has 0 bridgehead atoms. The number of hydrazine groups is 1. The molecule has 0 radical (unpaired) electrons. The van der Waals surface area contributed by atoms with E-state index in [9.17, 15) is 33.9 Å². The number of amides is 2. The molecule has 1 aromatic heterocycles. The number of aromatic amines is 1. The molecule has 4 heterocycles. The molecule has 2 atom stereocenters. The van der Waals surface area contributed by atoms with Crippen molar-refractivity contribution >= 4 is 47.3 Å². The summed E-state index contributed by atoms with van der Waals surface area (Å²) in [5, 5.41) is 19.2. The van der Waals surface area contributed by atoms with Gasteiger partial charge in [-0.25, -0.2) is 14.7 Å². The molecule has 4 N–H and O–H groups in total. The van der Waals surface area contributed by atoms with Gasteiger partial charge in [0, 0.05) is 18.1 Å². The number of carbonyl (C=O) groups is 4. The van der Waals surface area contributed by atoms with Gasteiger partial charge in [0.1, 0.15) is 23.7 Å². The van der Waals surface area contributed by atoms with Crippen molar-refractivity contribution in [3.8, 4) is 0 Å². The molecule has 0 saturated carbocycles. The van der Waals surface area contributed by atoms with Crippen LogP contribution in [0.25, 0.3) is 0 Å². The van der Waals surface area contributed by atoms with E-state index in [1.165, 1.54) is 21.3 Å². The quantitative estimate of drug-likeness (QED) is 0.106. The number of H-pyrrole nitrogens is 1. The third-order valence-electron chi connectivity index (χ3n) is 5.12. The van der Waals surface area contributed by atoms with Crippen LogP contribution in [-0.4, -0.2) is 89.5 Å². The molecule has 4 rings (SSSR count). The van der Waals surface area contributed by atoms with Crippen molar-refractivity contribution in [2.75, 3.05) is 24.6 Å². The van der Waals surface area contributed by atoms with Crippen molar-refractivity contribution in [1.82, 2.24) is 35.6 Å². The minimum atomic E-state index is -1.29. The Morgan fingerprint density at radius 2 is 2.09 bits per heavy atom. The number of rotatable bonds is 8. The number of aromatic nitrogens is 3. The van der Waals surface area contributed by atoms with Gasteiger partial charge in [0.25, 0.3) is 5.91 Å². The second-order valence-corrected chi connectivity index (χ2v) is 9.35. The normalized spacial score (nSPS) is 21.7. The van der Waals surface area contributed by atoms with E-state index in [1.54, 1.807) is 6.92 Å². The van der Waals surface area contributed by atoms with Crippen LogP contribution in [0, 0.1) is 0 Å². The van der Waals surface area contributed by atoms with Crippen molar-refractivity contribution in [3.05, 3.63) is 32.0 Å². The summed E-state index contributed by atoms with van der Waals surface area (Å²) in [6, 6.07) is -0.911. The summed E-state index contributed by atoms with van der Waals surface area (Å²) in [5.41, 5.74) is 0.919. The van der Waals surface area contributed by atoms with E-state index in [0.717, 1.165) is 16.7 Å². The fourth-order valence-electron chi connectivity index (χ4n) is 3.57. The minimum absolute atomic E-state index is 0. The number of nitrogens with one attached hydrogen (secondary N) is 3. The van der Waals surface area contributed by atoms with Crippen LogP contribution in [0.4, 0.5) is 0 Å². The zero-order valence-corrected chi connectivity index (χ0v) is 22.2. The van der Waals surface area contributed by atoms with Crippen LogP contribution in [0.2, 0.25) is 0 Å². The van der Waals surface area contributed by atoms with Gasteiger partial charge in [0.2, 0.25) is 5.91 Å². The first-order valence-electron chi connectivity index (χ1n) is 9.93. The number of thioether (sulfide) groups is 2. The first kappa shape index (κ1) is 27.4. The molecule has 0 aromatic carbocycles. The van der Waals surface area contributed by atoms with Crippen LogP contribution < -0.4 is 51.6 Å². The fourth-order valence-corrected chi connectivity index (χ4v) is 6.06. The van der Waals surface area contributed by atoms with Crippen molar-refractivity contribution in [2.45, 2.75) is 30.0 Å². The summed E-state index contributed by atoms with van der Waals surface area (Å²) in [6.07, 6.45) is 0. The van der Waals surface area contributed by atoms with Crippen LogP contribution >= 0.6 is 23.5 Å². The summed E-state index contributed by atoms with van der Waals surface area (Å²) in [7, 11) is 0. The predicted octanol–water partition coefficient (Wildman–Crippen LogP) is -5.82. The topological polar surface area (TPSA) is 196 Å². The molecule has 18 heteroatoms. The smallest absolute Gasteiger partial charge is 1.00 e. The van der Waals surface area contributed by atoms with Crippen LogP contribution in [0.5, 0.6) is 0 Å². The number of carbonyl (C=O) groups excluding carboxylic acids is 3. The Hall–Kier alpha value is -2.15. The van der Waals surface area contributed by atoms with Crippen molar-refractivity contribution < 1.29 is 60.1 Å². The average Bonchev–Trinajstić information content (AvgIpc) is 3.21. The van der Waals surface area contributed by atoms with E-state index in [1.807, 2.05) is 0 Å². The maximum Gasteiger partial charge on any atom is 1.00 e. The van der Waals surface area contributed by atoms with Gasteiger partial charge in [0.05, 0.1) is 6.54 Å². The van der Waals surface area contributed by atoms with E-state index in [4.69, 9.17) is 0 Å². The monoisotopic (exact) mass is 537 g/mol. The van der Waals surface area contributed by atoms with Crippen LogP contribution in [0.1, 0.15) is 8.35 Å². The Morgan fingerprint density at radius 3 is 2.71 bits per heavy atom. The molecule has 184 valence electrons. The van der Waals surface area contributed by atoms with Crippen molar-refractivity contribution in [1.29, 1.82) is 0 Å². The first-order valence-corrected chi connectivity index (χ1v) is 12.0. The van der Waals surface area contributed by atoms with E-state index in [2.05, 4.69) is 25.9 Å². The van der Waals surface area contributed by atoms with Gasteiger partial charge in [-0.3, -0.25) is 28.6 Å². The molecule has 15 nitrogen and oxygen atoms in total. The molecule has 3 aliphatic heterocycles. The van der Waals surface area contributed by atoms with Crippen LogP contribution in [-0.2, 0) is 30.6 Å². The molecular formula is C17H20N7NaO8S2. The van der Waals surface area contributed by atoms with Gasteiger partial charge < -0.3 is 16.7 Å². The Kier molecular flexibility index (Phi) is 8.84. The maximum absolute atomic E-state index is 12.7. The molecular weight excluding hydrogens is 517 g/mol. The van der Waals surface area contributed by atoms with Crippen LogP contribution in [0.3, 0.4) is 0 Å². The van der Waals surface area contributed by atoms with E-state index in [0.29, 0.717) is 5.57 Å². The zero-order valence-electron chi connectivity index (χ0n) is 19.6. The average molecular weight is 538 g/mol. The van der Waals surface area contributed by atoms with E-state index >= 15 is 0 Å². The minimum Gasteiger partial charge on any atom is -1.00 e. The van der Waals surface area contributed by atoms with Crippen LogP contribution in [0.15, 0.2) is 26.0 Å². The maximum atomic E-state index is 12.7. The third kappa shape index (κ3) is 5.50. The van der Waals surface area contributed by atoms with Crippen molar-refractivity contribution in [3.63, 3.8) is 0 Å². The first-order chi connectivity index (χ1) is 16.2. The number of fused-ring (bicyclic) bond motifs is 1. The summed E-state index contributed by atoms with van der Waals surface area (Å²) in [5.74, 6) is -2.55. The van der Waals surface area contributed by atoms with Gasteiger partial charge in [-0.05, 0) is 12.5 Å². The Balaban J connectivity index is 0.00000228. The van der Waals surface area contributed by atoms with E-state index < -0.39 is 46.3 Å². The second-order valence-electron chi connectivity index (χ2n) is 7.31. The predicted molar refractivity (Wildman–Crippen MR) is 117 cm³/mol. The summed E-state index contributed by atoms with van der Waals surface area (Å²) < 4.78 is 1.18. The number of β-lactam (4-membered cyclic amide) rings is 1. The molecule has 2 amide bonds. The molecule has 2 saturated heterocycles. The second kappa shape index (κ2) is 11.3. The SMILES string of the molecule is CCn1c(SCC2=C(C(=O)O)N3C(=O)[C@@H](NC(=O)CN4CC(=O)ON4)[C@H]3SC2)n[nH]c(=O)c1=O.[H-].[Na+]. The van der Waals surface area contributed by atoms with Gasteiger partial charge in [0.15, 0.2) is 5.16 Å². The number of hydrogen-bond acceptors (Lipinski definition) is 12. The standard InChI is InChI=1S/C17H19N7O8S2.Na.H/c1-2-23-14(29)12(27)19-20-17(23)34-6-7-5-33-15-10(13(28)24(15)11(7)16(30)31)18-8(25)3-22-4-9(26)32-21-22;;/h10,15,21H,2-6H2,1H3,(H,18,25)(H,19,27)(H,30,31);;/q;+1;-1/t10-,15-;;/m1../s1. The molecule has 35 heavy (non-hydrogen) atoms. The number of aliphatic carboxylic acids is 1. The Morgan fingerprint density at radius 1 is 1.34 bits per heavy atom.